The third kappa shape index (κ3) is 3.42. The fourth-order valence-electron chi connectivity index (χ4n) is 3.95. The Morgan fingerprint density at radius 1 is 1.26 bits per heavy atom. The number of carbonyl (C=O) groups is 2. The highest BCUT2D eigenvalue weighted by atomic mass is 35.5. The van der Waals surface area contributed by atoms with Crippen LogP contribution in [-0.2, 0) is 9.53 Å². The Kier molecular flexibility index (Phi) is 5.08. The molecule has 1 fully saturated rings. The van der Waals surface area contributed by atoms with E-state index in [9.17, 15) is 9.59 Å². The van der Waals surface area contributed by atoms with Gasteiger partial charge in [-0.05, 0) is 11.6 Å². The number of rotatable bonds is 4. The molecule has 4 rings (SSSR count). The lowest BCUT2D eigenvalue weighted by Crippen LogP contribution is -3.14. The summed E-state index contributed by atoms with van der Waals surface area (Å²) in [6.07, 6.45) is 0. The van der Waals surface area contributed by atoms with Crippen molar-refractivity contribution in [3.05, 3.63) is 46.1 Å². The van der Waals surface area contributed by atoms with Crippen LogP contribution >= 0.6 is 11.6 Å². The van der Waals surface area contributed by atoms with Gasteiger partial charge in [0.1, 0.15) is 13.1 Å². The molecule has 0 bridgehead atoms. The maximum Gasteiger partial charge on any atom is 0.322 e. The van der Waals surface area contributed by atoms with E-state index in [1.807, 2.05) is 23.1 Å². The Morgan fingerprint density at radius 2 is 2.00 bits per heavy atom. The van der Waals surface area contributed by atoms with E-state index in [4.69, 9.17) is 16.3 Å². The molecule has 7 nitrogen and oxygen atoms in total. The minimum atomic E-state index is -0.509. The minimum absolute atomic E-state index is 0.0190. The van der Waals surface area contributed by atoms with Gasteiger partial charge in [-0.2, -0.15) is 0 Å². The van der Waals surface area contributed by atoms with Crippen LogP contribution in [0.3, 0.4) is 0 Å². The van der Waals surface area contributed by atoms with Gasteiger partial charge in [0, 0.05) is 12.1 Å². The molecule has 3 amide bonds. The summed E-state index contributed by atoms with van der Waals surface area (Å²) in [5, 5.41) is 3.47. The van der Waals surface area contributed by atoms with Gasteiger partial charge < -0.3 is 19.9 Å². The zero-order valence-electron chi connectivity index (χ0n) is 15.3. The molecule has 2 N–H and O–H groups in total. The Morgan fingerprint density at radius 3 is 2.74 bits per heavy atom. The summed E-state index contributed by atoms with van der Waals surface area (Å²) in [7, 11) is 1.71. The molecule has 0 unspecified atom stereocenters. The zero-order valence-corrected chi connectivity index (χ0v) is 16.1. The molecule has 1 saturated heterocycles. The number of hydrogen-bond donors (Lipinski definition) is 2. The van der Waals surface area contributed by atoms with Crippen LogP contribution in [0.5, 0.6) is 0 Å². The first kappa shape index (κ1) is 18.3. The molecule has 0 radical (unpaired) electrons. The van der Waals surface area contributed by atoms with Gasteiger partial charge in [0.2, 0.25) is 0 Å². The van der Waals surface area contributed by atoms with Gasteiger partial charge >= 0.3 is 6.03 Å². The van der Waals surface area contributed by atoms with Gasteiger partial charge in [-0.25, -0.2) is 4.79 Å². The van der Waals surface area contributed by atoms with Gasteiger partial charge in [0.25, 0.3) is 5.91 Å². The second-order valence-corrected chi connectivity index (χ2v) is 7.57. The summed E-state index contributed by atoms with van der Waals surface area (Å²) in [5.41, 5.74) is 2.15. The van der Waals surface area contributed by atoms with Crippen LogP contribution in [0.25, 0.3) is 0 Å². The molecule has 144 valence electrons. The molecule has 1 aromatic rings. The SMILES string of the molecule is CN1C(=O)N[C@@H](c2ccccc2Cl)C2=C1CN(CC[NH+]1CCOCC1)C2=O. The number of urea groups is 1. The standard InChI is InChI=1S/C19H23ClN4O3/c1-22-15-12-24(7-6-23-8-10-27-11-9-23)18(25)16(15)17(21-19(22)26)13-4-2-3-5-14(13)20/h2-5,17H,6-12H2,1H3,(H,21,26)/p+1/t17-/m0/s1. The van der Waals surface area contributed by atoms with Crippen molar-refractivity contribution >= 4 is 23.5 Å². The molecular formula is C19H24ClN4O3+. The third-order valence-electron chi connectivity index (χ3n) is 5.59. The number of amides is 3. The average Bonchev–Trinajstić information content (AvgIpc) is 3.01. The number of nitrogens with zero attached hydrogens (tertiary/aromatic N) is 2. The topological polar surface area (TPSA) is 66.3 Å². The van der Waals surface area contributed by atoms with Gasteiger partial charge in [0.15, 0.2) is 0 Å². The lowest BCUT2D eigenvalue weighted by molar-refractivity contribution is -0.907. The number of nitrogens with one attached hydrogen (secondary N) is 2. The van der Waals surface area contributed by atoms with E-state index in [0.717, 1.165) is 44.1 Å². The van der Waals surface area contributed by atoms with E-state index in [1.54, 1.807) is 18.0 Å². The molecule has 3 aliphatic rings. The van der Waals surface area contributed by atoms with E-state index >= 15 is 0 Å². The number of likely N-dealkylation sites (N-methyl/N-ethyl adjacent to an activating group) is 1. The molecule has 1 atom stereocenters. The Balaban J connectivity index is 1.56. The van der Waals surface area contributed by atoms with E-state index in [0.29, 0.717) is 23.7 Å². The van der Waals surface area contributed by atoms with Crippen molar-refractivity contribution in [1.29, 1.82) is 0 Å². The van der Waals surface area contributed by atoms with Crippen molar-refractivity contribution in [2.75, 3.05) is 53.0 Å². The fraction of sp³-hybridized carbons (Fsp3) is 0.474. The van der Waals surface area contributed by atoms with Crippen molar-refractivity contribution < 1.29 is 19.2 Å². The van der Waals surface area contributed by atoms with Crippen LogP contribution < -0.4 is 10.2 Å². The first-order valence-electron chi connectivity index (χ1n) is 9.28. The van der Waals surface area contributed by atoms with Gasteiger partial charge in [0.05, 0.1) is 50.2 Å². The van der Waals surface area contributed by atoms with Gasteiger partial charge in [-0.15, -0.1) is 0 Å². The molecule has 0 spiro atoms. The average molecular weight is 392 g/mol. The minimum Gasteiger partial charge on any atom is -0.370 e. The zero-order chi connectivity index (χ0) is 19.0. The van der Waals surface area contributed by atoms with Crippen molar-refractivity contribution in [3.8, 4) is 0 Å². The quantitative estimate of drug-likeness (QED) is 0.762. The fourth-order valence-corrected chi connectivity index (χ4v) is 4.19. The number of quaternary nitrogens is 1. The first-order valence-corrected chi connectivity index (χ1v) is 9.66. The van der Waals surface area contributed by atoms with E-state index in [1.165, 1.54) is 4.90 Å². The maximum atomic E-state index is 13.2. The van der Waals surface area contributed by atoms with Crippen molar-refractivity contribution in [2.24, 2.45) is 0 Å². The number of carbonyl (C=O) groups excluding carboxylic acids is 2. The highest BCUT2D eigenvalue weighted by Crippen LogP contribution is 2.37. The van der Waals surface area contributed by atoms with Crippen LogP contribution in [0, 0.1) is 0 Å². The number of ether oxygens (including phenoxy) is 1. The number of hydrogen-bond acceptors (Lipinski definition) is 3. The lowest BCUT2D eigenvalue weighted by atomic mass is 9.96. The molecule has 27 heavy (non-hydrogen) atoms. The third-order valence-corrected chi connectivity index (χ3v) is 5.93. The largest absolute Gasteiger partial charge is 0.370 e. The Bertz CT molecular complexity index is 791. The molecule has 3 aliphatic heterocycles. The van der Waals surface area contributed by atoms with E-state index in [-0.39, 0.29) is 11.9 Å². The molecular weight excluding hydrogens is 368 g/mol. The predicted octanol–water partition coefficient (Wildman–Crippen LogP) is 0.0475. The van der Waals surface area contributed by atoms with Crippen molar-refractivity contribution in [3.63, 3.8) is 0 Å². The summed E-state index contributed by atoms with van der Waals surface area (Å²) in [5.74, 6) is -0.0190. The van der Waals surface area contributed by atoms with Crippen LogP contribution in [0.1, 0.15) is 11.6 Å². The Hall–Kier alpha value is -2.09. The summed E-state index contributed by atoms with van der Waals surface area (Å²) >= 11 is 6.35. The van der Waals surface area contributed by atoms with Crippen LogP contribution in [0.15, 0.2) is 35.5 Å². The van der Waals surface area contributed by atoms with Crippen molar-refractivity contribution in [2.45, 2.75) is 6.04 Å². The maximum absolute atomic E-state index is 13.2. The van der Waals surface area contributed by atoms with Crippen LogP contribution in [0.4, 0.5) is 4.79 Å². The molecule has 0 aliphatic carbocycles. The second kappa shape index (κ2) is 7.50. The van der Waals surface area contributed by atoms with Crippen molar-refractivity contribution in [1.82, 2.24) is 15.1 Å². The molecule has 3 heterocycles. The summed E-state index contributed by atoms with van der Waals surface area (Å²) in [6, 6.07) is 6.62. The normalized spacial score (nSPS) is 23.7. The Labute approximate surface area is 163 Å². The molecule has 0 saturated carbocycles. The van der Waals surface area contributed by atoms with Crippen LogP contribution in [0.2, 0.25) is 5.02 Å². The van der Waals surface area contributed by atoms with E-state index < -0.39 is 6.04 Å². The number of halogens is 1. The summed E-state index contributed by atoms with van der Waals surface area (Å²) in [6.45, 7) is 5.50. The highest BCUT2D eigenvalue weighted by Gasteiger charge is 2.43. The van der Waals surface area contributed by atoms with E-state index in [2.05, 4.69) is 5.32 Å². The number of morpholine rings is 1. The monoisotopic (exact) mass is 391 g/mol. The molecule has 8 heteroatoms. The number of benzene rings is 1. The predicted molar refractivity (Wildman–Crippen MR) is 100 cm³/mol. The molecule has 0 aromatic heterocycles. The lowest BCUT2D eigenvalue weighted by Gasteiger charge is -2.31. The van der Waals surface area contributed by atoms with Gasteiger partial charge in [-0.1, -0.05) is 29.8 Å². The van der Waals surface area contributed by atoms with Gasteiger partial charge in [-0.3, -0.25) is 9.69 Å². The summed E-state index contributed by atoms with van der Waals surface area (Å²) in [4.78, 5) is 30.4. The first-order chi connectivity index (χ1) is 13.1. The smallest absolute Gasteiger partial charge is 0.322 e. The summed E-state index contributed by atoms with van der Waals surface area (Å²) < 4.78 is 5.40. The highest BCUT2D eigenvalue weighted by molar-refractivity contribution is 6.31. The van der Waals surface area contributed by atoms with Crippen LogP contribution in [-0.4, -0.2) is 74.7 Å². The molecule has 1 aromatic carbocycles. The second-order valence-electron chi connectivity index (χ2n) is 7.16.